The molecule has 3 heterocycles. The van der Waals surface area contributed by atoms with Gasteiger partial charge < -0.3 is 15.5 Å². The fraction of sp³-hybridized carbons (Fsp3) is 0.786. The van der Waals surface area contributed by atoms with Gasteiger partial charge in [0.25, 0.3) is 0 Å². The second kappa shape index (κ2) is 7.96. The van der Waals surface area contributed by atoms with Crippen LogP contribution in [0.5, 0.6) is 0 Å². The zero-order chi connectivity index (χ0) is 18.7. The first-order chi connectivity index (χ1) is 12.3. The first-order valence-corrected chi connectivity index (χ1v) is 9.93. The van der Waals surface area contributed by atoms with Crippen molar-refractivity contribution in [3.63, 3.8) is 0 Å². The van der Waals surface area contributed by atoms with Crippen LogP contribution in [-0.2, 0) is 32.3 Å². The minimum Gasteiger partial charge on any atom is -0.425 e. The third kappa shape index (κ3) is 5.20. The van der Waals surface area contributed by atoms with Crippen molar-refractivity contribution < 1.29 is 26.5 Å². The molecule has 0 radical (unpaired) electrons. The summed E-state index contributed by atoms with van der Waals surface area (Å²) in [7, 11) is -4.73. The van der Waals surface area contributed by atoms with Crippen LogP contribution >= 0.6 is 0 Å². The second-order valence-corrected chi connectivity index (χ2v) is 7.78. The smallest absolute Gasteiger partial charge is 0.418 e. The van der Waals surface area contributed by atoms with Crippen LogP contribution in [-0.4, -0.2) is 59.3 Å². The molecule has 12 heteroatoms. The molecule has 1 amide bonds. The van der Waals surface area contributed by atoms with Crippen molar-refractivity contribution in [3.05, 3.63) is 11.8 Å². The van der Waals surface area contributed by atoms with E-state index in [1.54, 1.807) is 0 Å². The van der Waals surface area contributed by atoms with Gasteiger partial charge in [-0.3, -0.25) is 9.35 Å². The predicted octanol–water partition coefficient (Wildman–Crippen LogP) is -0.793. The van der Waals surface area contributed by atoms with Gasteiger partial charge in [0.1, 0.15) is 0 Å². The lowest BCUT2D eigenvalue weighted by atomic mass is 10.00. The van der Waals surface area contributed by atoms with Crippen molar-refractivity contribution in [1.29, 1.82) is 0 Å². The Bertz CT molecular complexity index is 734. The Morgan fingerprint density at radius 1 is 1.38 bits per heavy atom. The van der Waals surface area contributed by atoms with Crippen LogP contribution < -0.4 is 11.1 Å². The third-order valence-electron chi connectivity index (χ3n) is 4.59. The summed E-state index contributed by atoms with van der Waals surface area (Å²) >= 11 is 0. The summed E-state index contributed by atoms with van der Waals surface area (Å²) in [6.45, 7) is 1.92. The van der Waals surface area contributed by atoms with Gasteiger partial charge in [-0.05, 0) is 38.3 Å². The van der Waals surface area contributed by atoms with E-state index >= 15 is 0 Å². The van der Waals surface area contributed by atoms with Crippen LogP contribution in [0.3, 0.4) is 0 Å². The molecule has 3 rings (SSSR count). The van der Waals surface area contributed by atoms with Gasteiger partial charge in [-0.1, -0.05) is 0 Å². The standard InChI is InChI=1S/C14H23N5O6S/c15-10(6-13-18-17-12(24-13)5-9-7-16-8-9)1-2-11-3-4-14(20)19(11)25-26(21,22)23/h9-11,16H,1-8,15H2,(H,21,22,23)/t10-,11+/m0/s1. The SMILES string of the molecule is N[C@@H](CC[C@@H]1CCC(=O)N1OS(=O)(=O)O)Cc1nnc(CC2CNC2)o1. The van der Waals surface area contributed by atoms with Crippen molar-refractivity contribution in [2.75, 3.05) is 13.1 Å². The van der Waals surface area contributed by atoms with Crippen molar-refractivity contribution in [3.8, 4) is 0 Å². The van der Waals surface area contributed by atoms with E-state index in [9.17, 15) is 13.2 Å². The average Bonchev–Trinajstić information content (AvgIpc) is 3.08. The Morgan fingerprint density at radius 2 is 2.12 bits per heavy atom. The van der Waals surface area contributed by atoms with Gasteiger partial charge in [-0.25, -0.2) is 0 Å². The van der Waals surface area contributed by atoms with Gasteiger partial charge in [0.15, 0.2) is 0 Å². The van der Waals surface area contributed by atoms with Crippen molar-refractivity contribution in [2.45, 2.75) is 50.6 Å². The molecule has 2 aliphatic heterocycles. The lowest BCUT2D eigenvalue weighted by molar-refractivity contribution is -0.157. The largest absolute Gasteiger partial charge is 0.425 e. The summed E-state index contributed by atoms with van der Waals surface area (Å²) in [5.41, 5.74) is 6.09. The molecule has 0 saturated carbocycles. The number of nitrogens with one attached hydrogen (secondary N) is 1. The summed E-state index contributed by atoms with van der Waals surface area (Å²) < 4.78 is 40.4. The first-order valence-electron chi connectivity index (χ1n) is 8.57. The Labute approximate surface area is 151 Å². The number of hydroxylamine groups is 2. The van der Waals surface area contributed by atoms with Crippen molar-refractivity contribution in [2.24, 2.45) is 11.7 Å². The molecule has 0 aliphatic carbocycles. The van der Waals surface area contributed by atoms with E-state index in [0.29, 0.717) is 43.4 Å². The Morgan fingerprint density at radius 3 is 2.77 bits per heavy atom. The molecule has 11 nitrogen and oxygen atoms in total. The maximum Gasteiger partial charge on any atom is 0.418 e. The van der Waals surface area contributed by atoms with E-state index in [0.717, 1.165) is 24.6 Å². The van der Waals surface area contributed by atoms with Crippen LogP contribution in [0.15, 0.2) is 4.42 Å². The molecule has 26 heavy (non-hydrogen) atoms. The molecule has 0 unspecified atom stereocenters. The lowest BCUT2D eigenvalue weighted by Crippen LogP contribution is -2.43. The quantitative estimate of drug-likeness (QED) is 0.456. The molecule has 1 aromatic rings. The molecule has 2 aliphatic rings. The molecule has 2 saturated heterocycles. The molecule has 0 aromatic carbocycles. The molecular formula is C14H23N5O6S. The summed E-state index contributed by atoms with van der Waals surface area (Å²) in [5.74, 6) is 1.13. The zero-order valence-electron chi connectivity index (χ0n) is 14.2. The normalized spacial score (nSPS) is 22.6. The van der Waals surface area contributed by atoms with Gasteiger partial charge in [0.05, 0.1) is 6.04 Å². The molecule has 1 aromatic heterocycles. The predicted molar refractivity (Wildman–Crippen MR) is 87.8 cm³/mol. The molecule has 0 bridgehead atoms. The highest BCUT2D eigenvalue weighted by atomic mass is 32.3. The van der Waals surface area contributed by atoms with Gasteiger partial charge in [0, 0.05) is 25.3 Å². The maximum atomic E-state index is 11.7. The topological polar surface area (TPSA) is 161 Å². The van der Waals surface area contributed by atoms with Gasteiger partial charge in [0.2, 0.25) is 17.7 Å². The highest BCUT2D eigenvalue weighted by molar-refractivity contribution is 7.80. The fourth-order valence-corrected chi connectivity index (χ4v) is 3.52. The Kier molecular flexibility index (Phi) is 5.87. The molecular weight excluding hydrogens is 366 g/mol. The number of amides is 1. The number of carbonyl (C=O) groups excluding carboxylic acids is 1. The van der Waals surface area contributed by atoms with Crippen molar-refractivity contribution >= 4 is 16.3 Å². The van der Waals surface area contributed by atoms with Crippen LogP contribution in [0, 0.1) is 5.92 Å². The van der Waals surface area contributed by atoms with Crippen LogP contribution in [0.4, 0.5) is 0 Å². The summed E-state index contributed by atoms with van der Waals surface area (Å²) in [6, 6.07) is -0.725. The van der Waals surface area contributed by atoms with Gasteiger partial charge >= 0.3 is 10.4 Å². The van der Waals surface area contributed by atoms with Crippen LogP contribution in [0.25, 0.3) is 0 Å². The Hall–Kier alpha value is -1.60. The number of nitrogens with two attached hydrogens (primary N) is 1. The molecule has 2 atom stereocenters. The van der Waals surface area contributed by atoms with Crippen LogP contribution in [0.2, 0.25) is 0 Å². The first kappa shape index (κ1) is 19.2. The van der Waals surface area contributed by atoms with E-state index in [1.807, 2.05) is 0 Å². The monoisotopic (exact) mass is 389 g/mol. The number of nitrogens with zero attached hydrogens (tertiary/aromatic N) is 3. The van der Waals surface area contributed by atoms with E-state index in [4.69, 9.17) is 14.7 Å². The number of hydrogen-bond acceptors (Lipinski definition) is 9. The molecule has 2 fully saturated rings. The minimum absolute atomic E-state index is 0.165. The number of rotatable bonds is 9. The summed E-state index contributed by atoms with van der Waals surface area (Å²) in [4.78, 5) is 11.7. The fourth-order valence-electron chi connectivity index (χ4n) is 3.11. The zero-order valence-corrected chi connectivity index (χ0v) is 15.0. The lowest BCUT2D eigenvalue weighted by Gasteiger charge is -2.25. The molecule has 146 valence electrons. The number of hydrogen-bond donors (Lipinski definition) is 3. The number of aromatic nitrogens is 2. The average molecular weight is 389 g/mol. The van der Waals surface area contributed by atoms with Crippen LogP contribution in [0.1, 0.15) is 37.5 Å². The van der Waals surface area contributed by atoms with Gasteiger partial charge in [-0.2, -0.15) is 13.5 Å². The van der Waals surface area contributed by atoms with Gasteiger partial charge in [-0.15, -0.1) is 14.5 Å². The van der Waals surface area contributed by atoms with Crippen molar-refractivity contribution in [1.82, 2.24) is 20.6 Å². The molecule has 0 spiro atoms. The highest BCUT2D eigenvalue weighted by Gasteiger charge is 2.35. The third-order valence-corrected chi connectivity index (χ3v) is 4.94. The van der Waals surface area contributed by atoms with E-state index in [1.165, 1.54) is 0 Å². The summed E-state index contributed by atoms with van der Waals surface area (Å²) in [6.07, 6.45) is 2.71. The minimum atomic E-state index is -4.73. The van der Waals surface area contributed by atoms with E-state index in [2.05, 4.69) is 19.8 Å². The van der Waals surface area contributed by atoms with E-state index < -0.39 is 22.3 Å². The Balaban J connectivity index is 1.45. The number of carbonyl (C=O) groups is 1. The van der Waals surface area contributed by atoms with E-state index in [-0.39, 0.29) is 12.5 Å². The molecule has 4 N–H and O–H groups in total. The second-order valence-electron chi connectivity index (χ2n) is 6.77. The summed E-state index contributed by atoms with van der Waals surface area (Å²) in [5, 5.41) is 11.9. The maximum absolute atomic E-state index is 11.7. The highest BCUT2D eigenvalue weighted by Crippen LogP contribution is 2.24.